The maximum atomic E-state index is 14.7. The van der Waals surface area contributed by atoms with Crippen molar-refractivity contribution in [3.8, 4) is 5.75 Å². The Morgan fingerprint density at radius 1 is 0.918 bits per heavy atom. The number of phenolic OH excluding ortho intramolecular Hbond substituents is 1. The molecular weight excluding hydrogens is 616 g/mol. The van der Waals surface area contributed by atoms with Crippen LogP contribution in [0.25, 0.3) is 5.76 Å². The molecule has 1 unspecified atom stereocenters. The normalized spacial score (nSPS) is 31.6. The minimum Gasteiger partial charge on any atom is -0.508 e. The first-order valence-corrected chi connectivity index (χ1v) is 18.1. The summed E-state index contributed by atoms with van der Waals surface area (Å²) >= 11 is 0. The molecule has 0 saturated heterocycles. The number of benzene rings is 2. The van der Waals surface area contributed by atoms with Crippen LogP contribution in [0.3, 0.4) is 0 Å². The molecule has 0 heterocycles. The number of carbonyl (C=O) groups excluding carboxylic acids is 3. The lowest BCUT2D eigenvalue weighted by atomic mass is 9.43. The molecule has 0 aliphatic heterocycles. The molecule has 4 N–H and O–H groups in total. The highest BCUT2D eigenvalue weighted by Crippen LogP contribution is 2.65. The molecular formula is C42H52O7. The minimum absolute atomic E-state index is 0.0472. The number of carbonyl (C=O) groups is 3. The van der Waals surface area contributed by atoms with E-state index in [4.69, 9.17) is 0 Å². The summed E-state index contributed by atoms with van der Waals surface area (Å²) in [5, 5.41) is 47.9. The second kappa shape index (κ2) is 12.3. The number of phenols is 1. The van der Waals surface area contributed by atoms with E-state index in [1.807, 2.05) is 26.8 Å². The maximum absolute atomic E-state index is 14.7. The molecule has 4 aliphatic rings. The number of fused-ring (bicyclic) bond motifs is 3. The van der Waals surface area contributed by atoms with Gasteiger partial charge in [0, 0.05) is 22.3 Å². The third-order valence-corrected chi connectivity index (χ3v) is 12.6. The summed E-state index contributed by atoms with van der Waals surface area (Å²) in [5.41, 5.74) is -1.65. The molecule has 0 bridgehead atoms. The fourth-order valence-electron chi connectivity index (χ4n) is 10.4. The van der Waals surface area contributed by atoms with Gasteiger partial charge in [0.2, 0.25) is 5.78 Å². The second-order valence-electron chi connectivity index (χ2n) is 16.7. The van der Waals surface area contributed by atoms with Crippen molar-refractivity contribution in [2.45, 2.75) is 111 Å². The summed E-state index contributed by atoms with van der Waals surface area (Å²) in [6, 6.07) is 12.7. The van der Waals surface area contributed by atoms with Crippen molar-refractivity contribution >= 4 is 23.1 Å². The van der Waals surface area contributed by atoms with Crippen molar-refractivity contribution in [3.63, 3.8) is 0 Å². The van der Waals surface area contributed by atoms with Crippen LogP contribution in [0, 0.1) is 34.5 Å². The zero-order valence-corrected chi connectivity index (χ0v) is 30.0. The van der Waals surface area contributed by atoms with Crippen molar-refractivity contribution in [1.29, 1.82) is 0 Å². The zero-order chi connectivity index (χ0) is 35.8. The number of aromatic hydroxyl groups is 1. The van der Waals surface area contributed by atoms with Gasteiger partial charge in [0.15, 0.2) is 17.2 Å². The van der Waals surface area contributed by atoms with E-state index in [9.17, 15) is 34.8 Å². The first-order valence-electron chi connectivity index (χ1n) is 18.1. The Morgan fingerprint density at radius 3 is 2.06 bits per heavy atom. The SMILES string of the molecule is CC(=O)C1=C(O)[C@]2(O)C(=O)C3=C(O)c4c(O)c(CC5CCC(Cc6ccccc6)CC5)cc(C(C)C)c4C[C@]3(C)C[C@]2(C)C(C(C)C)C1=O. The van der Waals surface area contributed by atoms with E-state index in [0.717, 1.165) is 55.7 Å². The summed E-state index contributed by atoms with van der Waals surface area (Å²) in [6.07, 6.45) is 6.42. The van der Waals surface area contributed by atoms with Gasteiger partial charge in [-0.25, -0.2) is 0 Å². The van der Waals surface area contributed by atoms with Gasteiger partial charge in [-0.05, 0) is 104 Å². The molecule has 0 amide bonds. The van der Waals surface area contributed by atoms with Crippen LogP contribution in [0.4, 0.5) is 0 Å². The van der Waals surface area contributed by atoms with Gasteiger partial charge in [0.25, 0.3) is 0 Å². The van der Waals surface area contributed by atoms with Gasteiger partial charge in [-0.15, -0.1) is 0 Å². The average molecular weight is 669 g/mol. The number of rotatable bonds is 7. The average Bonchev–Trinajstić information content (AvgIpc) is 3.01. The number of ketones is 3. The van der Waals surface area contributed by atoms with Crippen LogP contribution in [0.1, 0.15) is 114 Å². The number of Topliss-reactive ketones (excluding diaryl/α,β-unsaturated/α-hetero) is 3. The molecule has 7 nitrogen and oxygen atoms in total. The fraction of sp³-hybridized carbons (Fsp3) is 0.548. The summed E-state index contributed by atoms with van der Waals surface area (Å²) in [4.78, 5) is 41.2. The quantitative estimate of drug-likeness (QED) is 0.221. The molecule has 2 fully saturated rings. The number of allylic oxidation sites excluding steroid dienone is 1. The summed E-state index contributed by atoms with van der Waals surface area (Å²) < 4.78 is 0. The summed E-state index contributed by atoms with van der Waals surface area (Å²) in [5.74, 6) is -3.83. The van der Waals surface area contributed by atoms with E-state index < -0.39 is 56.8 Å². The first-order chi connectivity index (χ1) is 23.0. The Balaban J connectivity index is 1.41. The molecule has 2 aromatic carbocycles. The number of aliphatic hydroxyl groups excluding tert-OH is 2. The molecule has 4 aliphatic carbocycles. The highest BCUT2D eigenvalue weighted by molar-refractivity contribution is 6.24. The van der Waals surface area contributed by atoms with Crippen molar-refractivity contribution in [2.75, 3.05) is 0 Å². The Kier molecular flexibility index (Phi) is 8.79. The molecule has 6 rings (SSSR count). The zero-order valence-electron chi connectivity index (χ0n) is 30.0. The van der Waals surface area contributed by atoms with Crippen molar-refractivity contribution in [1.82, 2.24) is 0 Å². The molecule has 2 saturated carbocycles. The summed E-state index contributed by atoms with van der Waals surface area (Å²) in [6.45, 7) is 12.4. The van der Waals surface area contributed by atoms with E-state index in [0.29, 0.717) is 24.7 Å². The highest BCUT2D eigenvalue weighted by atomic mass is 16.3. The largest absolute Gasteiger partial charge is 0.508 e. The monoisotopic (exact) mass is 668 g/mol. The van der Waals surface area contributed by atoms with Gasteiger partial charge in [0.1, 0.15) is 22.8 Å². The Labute approximate surface area is 290 Å². The Morgan fingerprint density at radius 2 is 1.51 bits per heavy atom. The minimum atomic E-state index is -2.61. The van der Waals surface area contributed by atoms with E-state index in [1.165, 1.54) is 5.56 Å². The number of hydrogen-bond acceptors (Lipinski definition) is 7. The van der Waals surface area contributed by atoms with Crippen molar-refractivity contribution in [3.05, 3.63) is 81.1 Å². The molecule has 262 valence electrons. The number of hydrogen-bond donors (Lipinski definition) is 4. The third kappa shape index (κ3) is 5.30. The Bertz CT molecular complexity index is 1770. The van der Waals surface area contributed by atoms with Crippen LogP contribution in [0.15, 0.2) is 53.3 Å². The third-order valence-electron chi connectivity index (χ3n) is 12.6. The van der Waals surface area contributed by atoms with Gasteiger partial charge >= 0.3 is 0 Å². The highest BCUT2D eigenvalue weighted by Gasteiger charge is 2.72. The van der Waals surface area contributed by atoms with E-state index in [-0.39, 0.29) is 35.1 Å². The lowest BCUT2D eigenvalue weighted by Crippen LogP contribution is -2.69. The fourth-order valence-corrected chi connectivity index (χ4v) is 10.4. The predicted molar refractivity (Wildman–Crippen MR) is 189 cm³/mol. The molecule has 2 aromatic rings. The molecule has 49 heavy (non-hydrogen) atoms. The molecule has 0 radical (unpaired) electrons. The maximum Gasteiger partial charge on any atom is 0.203 e. The van der Waals surface area contributed by atoms with Crippen LogP contribution in [-0.4, -0.2) is 43.4 Å². The predicted octanol–water partition coefficient (Wildman–Crippen LogP) is 7.90. The van der Waals surface area contributed by atoms with Gasteiger partial charge < -0.3 is 20.4 Å². The summed E-state index contributed by atoms with van der Waals surface area (Å²) in [7, 11) is 0. The molecule has 4 atom stereocenters. The topological polar surface area (TPSA) is 132 Å². The van der Waals surface area contributed by atoms with Gasteiger partial charge in [0.05, 0.1) is 5.56 Å². The van der Waals surface area contributed by atoms with Crippen LogP contribution in [0.5, 0.6) is 5.75 Å². The number of aliphatic hydroxyl groups is 3. The van der Waals surface area contributed by atoms with Gasteiger partial charge in [-0.1, -0.05) is 77.9 Å². The second-order valence-corrected chi connectivity index (χ2v) is 16.7. The molecule has 0 spiro atoms. The first kappa shape index (κ1) is 35.1. The van der Waals surface area contributed by atoms with Crippen LogP contribution < -0.4 is 0 Å². The lowest BCUT2D eigenvalue weighted by Gasteiger charge is -2.60. The van der Waals surface area contributed by atoms with Crippen molar-refractivity contribution in [2.24, 2.45) is 34.5 Å². The Hall–Kier alpha value is -3.71. The van der Waals surface area contributed by atoms with Crippen LogP contribution in [0.2, 0.25) is 0 Å². The molecule has 0 aromatic heterocycles. The van der Waals surface area contributed by atoms with E-state index in [2.05, 4.69) is 44.2 Å². The smallest absolute Gasteiger partial charge is 0.203 e. The van der Waals surface area contributed by atoms with E-state index in [1.54, 1.807) is 6.92 Å². The standard InChI is InChI=1S/C42H52O7/c1-22(2)29-19-28(18-27-15-13-26(14-16-27)17-25-11-9-8-10-12-25)35(44)32-30(29)20-40(6)21-41(7)33(23(3)4)36(45)31(24(5)43)38(47)42(41,49)39(48)34(40)37(32)46/h8-12,19,22-23,26-27,33,44,46-47,49H,13-18,20-21H2,1-7H3/t26?,27?,33?,40-,41-,42+/m1/s1. The van der Waals surface area contributed by atoms with E-state index >= 15 is 0 Å². The lowest BCUT2D eigenvalue weighted by molar-refractivity contribution is -0.178. The van der Waals surface area contributed by atoms with Gasteiger partial charge in [-0.2, -0.15) is 0 Å². The van der Waals surface area contributed by atoms with Crippen LogP contribution >= 0.6 is 0 Å². The van der Waals surface area contributed by atoms with Crippen LogP contribution in [-0.2, 0) is 33.6 Å². The van der Waals surface area contributed by atoms with Gasteiger partial charge in [-0.3, -0.25) is 14.4 Å². The van der Waals surface area contributed by atoms with Crippen molar-refractivity contribution < 1.29 is 34.8 Å². The molecule has 7 heteroatoms.